The number of aryl methyl sites for hydroxylation is 1. The Balaban J connectivity index is 1.30. The Morgan fingerprint density at radius 1 is 1.18 bits per heavy atom. The van der Waals surface area contributed by atoms with Crippen molar-refractivity contribution in [3.63, 3.8) is 0 Å². The molecule has 4 rings (SSSR count). The van der Waals surface area contributed by atoms with E-state index in [1.54, 1.807) is 22.9 Å². The summed E-state index contributed by atoms with van der Waals surface area (Å²) in [5.41, 5.74) is 3.09. The maximum atomic E-state index is 12.2. The molecule has 0 saturated heterocycles. The first-order valence-electron chi connectivity index (χ1n) is 9.44. The lowest BCUT2D eigenvalue weighted by Gasteiger charge is -2.16. The molecule has 1 amide bonds. The number of benzene rings is 2. The van der Waals surface area contributed by atoms with Gasteiger partial charge in [-0.25, -0.2) is 9.48 Å². The second kappa shape index (κ2) is 7.42. The van der Waals surface area contributed by atoms with E-state index in [9.17, 15) is 9.59 Å². The predicted molar refractivity (Wildman–Crippen MR) is 104 cm³/mol. The molecule has 28 heavy (non-hydrogen) atoms. The summed E-state index contributed by atoms with van der Waals surface area (Å²) in [7, 11) is 0. The van der Waals surface area contributed by atoms with Crippen LogP contribution in [0.2, 0.25) is 0 Å². The van der Waals surface area contributed by atoms with Crippen LogP contribution in [0.3, 0.4) is 0 Å². The number of fused-ring (bicyclic) bond motifs is 1. The number of nitrogens with zero attached hydrogens (tertiary/aromatic N) is 3. The third kappa shape index (κ3) is 3.60. The van der Waals surface area contributed by atoms with E-state index in [2.05, 4.69) is 27.8 Å². The number of carbonyl (C=O) groups is 2. The van der Waals surface area contributed by atoms with Crippen molar-refractivity contribution in [3.05, 3.63) is 59.7 Å². The smallest absolute Gasteiger partial charge is 0.338 e. The maximum Gasteiger partial charge on any atom is 0.338 e. The zero-order valence-electron chi connectivity index (χ0n) is 15.7. The summed E-state index contributed by atoms with van der Waals surface area (Å²) in [6, 6.07) is 15.2. The Morgan fingerprint density at radius 2 is 1.96 bits per heavy atom. The highest BCUT2D eigenvalue weighted by Gasteiger charge is 2.44. The van der Waals surface area contributed by atoms with Gasteiger partial charge in [-0.2, -0.15) is 0 Å². The quantitative estimate of drug-likeness (QED) is 0.638. The molecular weight excluding hydrogens is 356 g/mol. The van der Waals surface area contributed by atoms with E-state index in [0.29, 0.717) is 24.2 Å². The Morgan fingerprint density at radius 3 is 2.68 bits per heavy atom. The predicted octanol–water partition coefficient (Wildman–Crippen LogP) is 2.46. The second-order valence-corrected chi connectivity index (χ2v) is 7.11. The number of hydrogen-bond donors (Lipinski definition) is 1. The molecule has 0 bridgehead atoms. The summed E-state index contributed by atoms with van der Waals surface area (Å²) in [5, 5.41) is 11.0. The van der Waals surface area contributed by atoms with Gasteiger partial charge in [-0.1, -0.05) is 35.5 Å². The van der Waals surface area contributed by atoms with Gasteiger partial charge in [0.05, 0.1) is 11.1 Å². The van der Waals surface area contributed by atoms with Gasteiger partial charge in [-0.05, 0) is 43.5 Å². The number of rotatable bonds is 7. The Kier molecular flexibility index (Phi) is 4.81. The molecule has 0 atom stereocenters. The lowest BCUT2D eigenvalue weighted by molar-refractivity contribution is -0.124. The molecule has 1 saturated carbocycles. The molecule has 1 heterocycles. The summed E-state index contributed by atoms with van der Waals surface area (Å²) in [5.74, 6) is -0.846. The van der Waals surface area contributed by atoms with E-state index in [0.717, 1.165) is 18.4 Å². The Bertz CT molecular complexity index is 1010. The van der Waals surface area contributed by atoms with Gasteiger partial charge in [0.2, 0.25) is 0 Å². The van der Waals surface area contributed by atoms with Gasteiger partial charge >= 0.3 is 5.97 Å². The SMILES string of the molecule is CCn1nnc2cc(C(=O)OCC(=O)NCC3(c4ccccc4)CC3)ccc21. The largest absolute Gasteiger partial charge is 0.452 e. The topological polar surface area (TPSA) is 86.1 Å². The molecule has 2 aromatic carbocycles. The number of hydrogen-bond acceptors (Lipinski definition) is 5. The molecule has 1 aliphatic carbocycles. The molecule has 1 aliphatic rings. The number of amides is 1. The average molecular weight is 378 g/mol. The van der Waals surface area contributed by atoms with Gasteiger partial charge in [0.15, 0.2) is 6.61 Å². The number of aromatic nitrogens is 3. The zero-order chi connectivity index (χ0) is 19.6. The number of ether oxygens (including phenoxy) is 1. The summed E-state index contributed by atoms with van der Waals surface area (Å²) in [6.45, 7) is 2.92. The minimum absolute atomic E-state index is 0.0249. The molecule has 0 aliphatic heterocycles. The fourth-order valence-corrected chi connectivity index (χ4v) is 3.38. The van der Waals surface area contributed by atoms with Gasteiger partial charge < -0.3 is 10.1 Å². The van der Waals surface area contributed by atoms with Gasteiger partial charge in [-0.3, -0.25) is 4.79 Å². The summed E-state index contributed by atoms with van der Waals surface area (Å²) in [4.78, 5) is 24.4. The average Bonchev–Trinajstić information content (AvgIpc) is 3.42. The van der Waals surface area contributed by atoms with Crippen LogP contribution in [-0.2, 0) is 21.5 Å². The van der Waals surface area contributed by atoms with E-state index in [1.807, 2.05) is 25.1 Å². The van der Waals surface area contributed by atoms with Crippen molar-refractivity contribution >= 4 is 22.9 Å². The van der Waals surface area contributed by atoms with Crippen LogP contribution in [0.15, 0.2) is 48.5 Å². The van der Waals surface area contributed by atoms with Crippen LogP contribution in [-0.4, -0.2) is 40.0 Å². The van der Waals surface area contributed by atoms with Gasteiger partial charge in [0.1, 0.15) is 5.52 Å². The summed E-state index contributed by atoms with van der Waals surface area (Å²) >= 11 is 0. The van der Waals surface area contributed by atoms with Gasteiger partial charge in [0, 0.05) is 18.5 Å². The third-order valence-electron chi connectivity index (χ3n) is 5.25. The van der Waals surface area contributed by atoms with Gasteiger partial charge in [0.25, 0.3) is 5.91 Å². The molecule has 144 valence electrons. The van der Waals surface area contributed by atoms with Crippen molar-refractivity contribution in [3.8, 4) is 0 Å². The molecule has 0 radical (unpaired) electrons. The first-order chi connectivity index (χ1) is 13.6. The van der Waals surface area contributed by atoms with Crippen LogP contribution in [0.1, 0.15) is 35.7 Å². The van der Waals surface area contributed by atoms with E-state index < -0.39 is 5.97 Å². The van der Waals surface area contributed by atoms with Crippen LogP contribution < -0.4 is 5.32 Å². The molecule has 0 spiro atoms. The molecule has 1 N–H and O–H groups in total. The lowest BCUT2D eigenvalue weighted by atomic mass is 9.96. The highest BCUT2D eigenvalue weighted by Crippen LogP contribution is 2.47. The Labute approximate surface area is 162 Å². The monoisotopic (exact) mass is 378 g/mol. The molecule has 3 aromatic rings. The minimum Gasteiger partial charge on any atom is -0.452 e. The highest BCUT2D eigenvalue weighted by molar-refractivity contribution is 5.94. The standard InChI is InChI=1S/C21H22N4O3/c1-2-25-18-9-8-15(12-17(18)23-24-25)20(27)28-13-19(26)22-14-21(10-11-21)16-6-4-3-5-7-16/h3-9,12H,2,10-11,13-14H2,1H3,(H,22,26). The number of carbonyl (C=O) groups excluding carboxylic acids is 2. The van der Waals surface area contributed by atoms with Crippen molar-refractivity contribution in [1.82, 2.24) is 20.3 Å². The lowest BCUT2D eigenvalue weighted by Crippen LogP contribution is -2.35. The summed E-state index contributed by atoms with van der Waals surface area (Å²) in [6.07, 6.45) is 2.10. The Hall–Kier alpha value is -3.22. The van der Waals surface area contributed by atoms with Crippen LogP contribution >= 0.6 is 0 Å². The van der Waals surface area contributed by atoms with Crippen LogP contribution in [0.5, 0.6) is 0 Å². The third-order valence-corrected chi connectivity index (χ3v) is 5.25. The van der Waals surface area contributed by atoms with Crippen molar-refractivity contribution in [2.45, 2.75) is 31.7 Å². The molecule has 7 heteroatoms. The second-order valence-electron chi connectivity index (χ2n) is 7.11. The fourth-order valence-electron chi connectivity index (χ4n) is 3.38. The molecule has 1 fully saturated rings. The van der Waals surface area contributed by atoms with Crippen LogP contribution in [0, 0.1) is 0 Å². The van der Waals surface area contributed by atoms with E-state index in [4.69, 9.17) is 4.74 Å². The van der Waals surface area contributed by atoms with E-state index in [-0.39, 0.29) is 17.9 Å². The summed E-state index contributed by atoms with van der Waals surface area (Å²) < 4.78 is 6.91. The van der Waals surface area contributed by atoms with Crippen LogP contribution in [0.4, 0.5) is 0 Å². The van der Waals surface area contributed by atoms with E-state index >= 15 is 0 Å². The van der Waals surface area contributed by atoms with Crippen molar-refractivity contribution in [2.24, 2.45) is 0 Å². The number of nitrogens with one attached hydrogen (secondary N) is 1. The van der Waals surface area contributed by atoms with Crippen molar-refractivity contribution < 1.29 is 14.3 Å². The van der Waals surface area contributed by atoms with Crippen molar-refractivity contribution in [1.29, 1.82) is 0 Å². The molecule has 7 nitrogen and oxygen atoms in total. The van der Waals surface area contributed by atoms with Gasteiger partial charge in [-0.15, -0.1) is 5.10 Å². The fraction of sp³-hybridized carbons (Fsp3) is 0.333. The minimum atomic E-state index is -0.549. The molecule has 1 aromatic heterocycles. The zero-order valence-corrected chi connectivity index (χ0v) is 15.7. The first-order valence-corrected chi connectivity index (χ1v) is 9.44. The van der Waals surface area contributed by atoms with Crippen molar-refractivity contribution in [2.75, 3.05) is 13.2 Å². The highest BCUT2D eigenvalue weighted by atomic mass is 16.5. The first kappa shape index (κ1) is 18.2. The molecular formula is C21H22N4O3. The molecule has 0 unspecified atom stereocenters. The maximum absolute atomic E-state index is 12.2. The van der Waals surface area contributed by atoms with Crippen LogP contribution in [0.25, 0.3) is 11.0 Å². The van der Waals surface area contributed by atoms with E-state index in [1.165, 1.54) is 5.56 Å². The normalized spacial score (nSPS) is 14.6. The number of esters is 1.